The number of hydrogen-bond donors (Lipinski definition) is 1. The predicted molar refractivity (Wildman–Crippen MR) is 115 cm³/mol. The van der Waals surface area contributed by atoms with E-state index in [2.05, 4.69) is 23.8 Å². The monoisotopic (exact) mass is 398 g/mol. The van der Waals surface area contributed by atoms with Crippen LogP contribution in [0.4, 0.5) is 5.69 Å². The van der Waals surface area contributed by atoms with Gasteiger partial charge in [0.05, 0.1) is 11.3 Å². The Hall–Kier alpha value is -2.54. The Morgan fingerprint density at radius 2 is 2.00 bits per heavy atom. The molecule has 0 spiro atoms. The maximum absolute atomic E-state index is 13.0. The van der Waals surface area contributed by atoms with E-state index in [0.717, 1.165) is 17.8 Å². The van der Waals surface area contributed by atoms with Gasteiger partial charge in [0.25, 0.3) is 5.56 Å². The second-order valence-electron chi connectivity index (χ2n) is 7.32. The van der Waals surface area contributed by atoms with E-state index < -0.39 is 0 Å². The first-order valence-electron chi connectivity index (χ1n) is 9.41. The molecule has 0 fully saturated rings. The highest BCUT2D eigenvalue weighted by Crippen LogP contribution is 2.21. The zero-order valence-corrected chi connectivity index (χ0v) is 17.5. The average Bonchev–Trinajstić information content (AvgIpc) is 3.06. The lowest BCUT2D eigenvalue weighted by Gasteiger charge is -2.18. The zero-order chi connectivity index (χ0) is 20.3. The van der Waals surface area contributed by atoms with Gasteiger partial charge in [0, 0.05) is 25.0 Å². The van der Waals surface area contributed by atoms with Crippen LogP contribution in [0.1, 0.15) is 26.0 Å². The summed E-state index contributed by atoms with van der Waals surface area (Å²) in [6.07, 6.45) is 0.873. The first-order chi connectivity index (χ1) is 13.4. The summed E-state index contributed by atoms with van der Waals surface area (Å²) in [5.41, 5.74) is 2.84. The molecule has 0 aliphatic heterocycles. The molecular weight excluding hydrogens is 372 g/mol. The topological polar surface area (TPSA) is 71.0 Å². The first-order valence-corrected chi connectivity index (χ1v) is 10.4. The van der Waals surface area contributed by atoms with Crippen molar-refractivity contribution in [2.75, 3.05) is 17.7 Å². The molecule has 0 atom stereocenters. The predicted octanol–water partition coefficient (Wildman–Crippen LogP) is 3.83. The van der Waals surface area contributed by atoms with Gasteiger partial charge in [0.15, 0.2) is 5.16 Å². The molecule has 148 valence electrons. The zero-order valence-electron chi connectivity index (χ0n) is 16.7. The lowest BCUT2D eigenvalue weighted by atomic mass is 10.1. The number of aromatic nitrogens is 3. The SMILES string of the molecule is Cc1cc2nc(SCC(=O)N(C)c3ccccc3)n(CCC(C)C)c(=O)c2[nH]1. The van der Waals surface area contributed by atoms with Crippen molar-refractivity contribution in [3.05, 3.63) is 52.4 Å². The number of thioether (sulfide) groups is 1. The third-order valence-electron chi connectivity index (χ3n) is 4.61. The second-order valence-corrected chi connectivity index (χ2v) is 8.27. The van der Waals surface area contributed by atoms with Gasteiger partial charge in [-0.2, -0.15) is 0 Å². The van der Waals surface area contributed by atoms with Crippen LogP contribution in [-0.2, 0) is 11.3 Å². The van der Waals surface area contributed by atoms with Crippen molar-refractivity contribution < 1.29 is 4.79 Å². The molecule has 1 N–H and O–H groups in total. The van der Waals surface area contributed by atoms with Gasteiger partial charge in [0.1, 0.15) is 5.52 Å². The van der Waals surface area contributed by atoms with Gasteiger partial charge in [-0.15, -0.1) is 0 Å². The highest BCUT2D eigenvalue weighted by molar-refractivity contribution is 7.99. The molecular formula is C21H26N4O2S. The van der Waals surface area contributed by atoms with Crippen molar-refractivity contribution in [3.8, 4) is 0 Å². The van der Waals surface area contributed by atoms with Crippen molar-refractivity contribution in [1.29, 1.82) is 0 Å². The van der Waals surface area contributed by atoms with Crippen molar-refractivity contribution in [2.45, 2.75) is 38.9 Å². The Bertz CT molecular complexity index is 1020. The lowest BCUT2D eigenvalue weighted by Crippen LogP contribution is -2.29. The maximum atomic E-state index is 13.0. The molecule has 0 bridgehead atoms. The number of fused-ring (bicyclic) bond motifs is 1. The van der Waals surface area contributed by atoms with E-state index in [1.165, 1.54) is 11.8 Å². The Kier molecular flexibility index (Phi) is 6.24. The van der Waals surface area contributed by atoms with Crippen LogP contribution in [0.15, 0.2) is 46.3 Å². The number of hydrogen-bond acceptors (Lipinski definition) is 4. The van der Waals surface area contributed by atoms with Gasteiger partial charge in [-0.3, -0.25) is 14.2 Å². The summed E-state index contributed by atoms with van der Waals surface area (Å²) in [7, 11) is 1.76. The number of H-pyrrole nitrogens is 1. The van der Waals surface area contributed by atoms with E-state index in [9.17, 15) is 9.59 Å². The Morgan fingerprint density at radius 3 is 2.68 bits per heavy atom. The van der Waals surface area contributed by atoms with E-state index in [-0.39, 0.29) is 17.2 Å². The van der Waals surface area contributed by atoms with Gasteiger partial charge >= 0.3 is 0 Å². The fourth-order valence-corrected chi connectivity index (χ4v) is 3.86. The van der Waals surface area contributed by atoms with Crippen molar-refractivity contribution in [1.82, 2.24) is 14.5 Å². The van der Waals surface area contributed by atoms with E-state index in [4.69, 9.17) is 0 Å². The molecule has 1 amide bonds. The number of anilines is 1. The van der Waals surface area contributed by atoms with Crippen LogP contribution in [-0.4, -0.2) is 33.2 Å². The molecule has 0 saturated heterocycles. The number of amides is 1. The van der Waals surface area contributed by atoms with Gasteiger partial charge in [-0.05, 0) is 37.5 Å². The Labute approximate surface area is 169 Å². The van der Waals surface area contributed by atoms with E-state index in [1.54, 1.807) is 16.5 Å². The third-order valence-corrected chi connectivity index (χ3v) is 5.57. The number of rotatable bonds is 7. The average molecular weight is 399 g/mol. The maximum Gasteiger partial charge on any atom is 0.278 e. The molecule has 0 unspecified atom stereocenters. The number of para-hydroxylation sites is 1. The van der Waals surface area contributed by atoms with Gasteiger partial charge < -0.3 is 9.88 Å². The van der Waals surface area contributed by atoms with E-state index in [1.807, 2.05) is 43.3 Å². The Morgan fingerprint density at radius 1 is 1.29 bits per heavy atom. The second kappa shape index (κ2) is 8.65. The minimum absolute atomic E-state index is 0.0359. The molecule has 7 heteroatoms. The van der Waals surface area contributed by atoms with E-state index in [0.29, 0.717) is 28.7 Å². The molecule has 0 aliphatic carbocycles. The molecule has 1 aromatic carbocycles. The molecule has 0 aliphatic rings. The van der Waals surface area contributed by atoms with Crippen molar-refractivity contribution in [3.63, 3.8) is 0 Å². The summed E-state index contributed by atoms with van der Waals surface area (Å²) in [5, 5.41) is 0.590. The highest BCUT2D eigenvalue weighted by atomic mass is 32.2. The third kappa shape index (κ3) is 4.47. The van der Waals surface area contributed by atoms with Crippen LogP contribution in [0.3, 0.4) is 0 Å². The summed E-state index contributed by atoms with van der Waals surface area (Å²) in [6.45, 7) is 6.75. The van der Waals surface area contributed by atoms with Crippen LogP contribution in [0.25, 0.3) is 11.0 Å². The van der Waals surface area contributed by atoms with Crippen molar-refractivity contribution in [2.24, 2.45) is 5.92 Å². The quantitative estimate of drug-likeness (QED) is 0.485. The number of carbonyl (C=O) groups excluding carboxylic acids is 1. The summed E-state index contributed by atoms with van der Waals surface area (Å²) in [5.74, 6) is 0.650. The van der Waals surface area contributed by atoms with Gasteiger partial charge in [0.2, 0.25) is 5.91 Å². The molecule has 28 heavy (non-hydrogen) atoms. The fourth-order valence-electron chi connectivity index (χ4n) is 2.92. The molecule has 6 nitrogen and oxygen atoms in total. The molecule has 0 radical (unpaired) electrons. The number of nitrogens with one attached hydrogen (secondary N) is 1. The van der Waals surface area contributed by atoms with Crippen LogP contribution in [0.5, 0.6) is 0 Å². The van der Waals surface area contributed by atoms with Gasteiger partial charge in [-0.1, -0.05) is 43.8 Å². The van der Waals surface area contributed by atoms with E-state index >= 15 is 0 Å². The number of carbonyl (C=O) groups is 1. The van der Waals surface area contributed by atoms with Crippen LogP contribution in [0.2, 0.25) is 0 Å². The standard InChI is InChI=1S/C21H26N4O2S/c1-14(2)10-11-25-20(27)19-17(12-15(3)22-19)23-21(25)28-13-18(26)24(4)16-8-6-5-7-9-16/h5-9,12,14,22H,10-11,13H2,1-4H3. The summed E-state index contributed by atoms with van der Waals surface area (Å²) in [6, 6.07) is 11.4. The summed E-state index contributed by atoms with van der Waals surface area (Å²) in [4.78, 5) is 35.0. The largest absolute Gasteiger partial charge is 0.353 e. The lowest BCUT2D eigenvalue weighted by molar-refractivity contribution is -0.115. The molecule has 0 saturated carbocycles. The molecule has 3 rings (SSSR count). The smallest absolute Gasteiger partial charge is 0.278 e. The number of benzene rings is 1. The number of aromatic amines is 1. The number of nitrogens with zero attached hydrogens (tertiary/aromatic N) is 3. The summed E-state index contributed by atoms with van der Waals surface area (Å²) >= 11 is 1.31. The normalized spacial score (nSPS) is 11.3. The number of aryl methyl sites for hydroxylation is 1. The minimum Gasteiger partial charge on any atom is -0.353 e. The Balaban J connectivity index is 1.85. The first kappa shape index (κ1) is 20.2. The molecule has 2 aromatic heterocycles. The van der Waals surface area contributed by atoms with Crippen LogP contribution < -0.4 is 10.5 Å². The van der Waals surface area contributed by atoms with Crippen LogP contribution >= 0.6 is 11.8 Å². The molecule has 3 aromatic rings. The highest BCUT2D eigenvalue weighted by Gasteiger charge is 2.17. The molecule has 2 heterocycles. The van der Waals surface area contributed by atoms with Crippen molar-refractivity contribution >= 4 is 34.4 Å². The minimum atomic E-state index is -0.0786. The summed E-state index contributed by atoms with van der Waals surface area (Å²) < 4.78 is 1.69. The fraction of sp³-hybridized carbons (Fsp3) is 0.381. The van der Waals surface area contributed by atoms with Crippen LogP contribution in [0, 0.1) is 12.8 Å². The van der Waals surface area contributed by atoms with Gasteiger partial charge in [-0.25, -0.2) is 4.98 Å².